The molecule has 0 saturated heterocycles. The second-order valence-electron chi connectivity index (χ2n) is 6.06. The number of hydrogen-bond acceptors (Lipinski definition) is 4. The van der Waals surface area contributed by atoms with Crippen LogP contribution in [0.1, 0.15) is 11.1 Å². The van der Waals surface area contributed by atoms with E-state index in [4.69, 9.17) is 16.3 Å². The quantitative estimate of drug-likeness (QED) is 0.494. The lowest BCUT2D eigenvalue weighted by atomic mass is 10.2. The van der Waals surface area contributed by atoms with Gasteiger partial charge in [-0.1, -0.05) is 35.9 Å². The fraction of sp³-hybridized carbons (Fsp3) is 0.0455. The average molecular weight is 428 g/mol. The Bertz CT molecular complexity index is 1160. The largest absolute Gasteiger partial charge is 0.489 e. The van der Waals surface area contributed by atoms with Crippen molar-refractivity contribution in [3.63, 3.8) is 0 Å². The molecule has 146 valence electrons. The second-order valence-corrected chi connectivity index (χ2v) is 8.42. The molecule has 0 atom stereocenters. The first-order valence-electron chi connectivity index (χ1n) is 8.48. The highest BCUT2D eigenvalue weighted by atomic mass is 35.5. The fourth-order valence-electron chi connectivity index (χ4n) is 2.47. The molecule has 29 heavy (non-hydrogen) atoms. The molecule has 0 saturated carbocycles. The Morgan fingerprint density at radius 2 is 1.62 bits per heavy atom. The van der Waals surface area contributed by atoms with Crippen molar-refractivity contribution in [1.29, 1.82) is 5.26 Å². The molecule has 0 aliphatic rings. The van der Waals surface area contributed by atoms with E-state index in [0.717, 1.165) is 5.56 Å². The van der Waals surface area contributed by atoms with E-state index in [2.05, 4.69) is 0 Å². The number of nitrogens with zero attached hydrogens (tertiary/aromatic N) is 1. The van der Waals surface area contributed by atoms with Gasteiger partial charge in [-0.15, -0.1) is 0 Å². The summed E-state index contributed by atoms with van der Waals surface area (Å²) in [6.07, 6.45) is 1.30. The van der Waals surface area contributed by atoms with Crippen molar-refractivity contribution in [2.75, 3.05) is 0 Å². The van der Waals surface area contributed by atoms with Crippen molar-refractivity contribution in [3.05, 3.63) is 99.7 Å². The summed E-state index contributed by atoms with van der Waals surface area (Å²) < 4.78 is 43.8. The Balaban J connectivity index is 1.75. The van der Waals surface area contributed by atoms with Gasteiger partial charge in [0.05, 0.1) is 4.90 Å². The third-order valence-corrected chi connectivity index (χ3v) is 5.95. The summed E-state index contributed by atoms with van der Waals surface area (Å²) in [7, 11) is -3.95. The van der Waals surface area contributed by atoms with Gasteiger partial charge in [0.1, 0.15) is 29.1 Å². The summed E-state index contributed by atoms with van der Waals surface area (Å²) in [6.45, 7) is 0.268. The standard InChI is InChI=1S/C22H15ClFNO3S/c23-18-5-11-21(12-6-18)29(26,27)22(14-25)13-16-3-9-20(10-4-16)28-15-17-1-7-19(24)8-2-17/h1-13H,15H2/b22-13+. The minimum Gasteiger partial charge on any atom is -0.489 e. The molecule has 0 N–H and O–H groups in total. The van der Waals surface area contributed by atoms with Crippen LogP contribution in [-0.2, 0) is 16.4 Å². The van der Waals surface area contributed by atoms with E-state index in [-0.39, 0.29) is 22.2 Å². The summed E-state index contributed by atoms with van der Waals surface area (Å²) >= 11 is 5.79. The molecule has 4 nitrogen and oxygen atoms in total. The SMILES string of the molecule is N#C/C(=C\c1ccc(OCc2ccc(F)cc2)cc1)S(=O)(=O)c1ccc(Cl)cc1. The third kappa shape index (κ3) is 5.23. The zero-order valence-electron chi connectivity index (χ0n) is 15.0. The molecule has 0 radical (unpaired) electrons. The van der Waals surface area contributed by atoms with Gasteiger partial charge in [-0.25, -0.2) is 12.8 Å². The Hall–Kier alpha value is -3.14. The van der Waals surface area contributed by atoms with Gasteiger partial charge >= 0.3 is 0 Å². The molecule has 0 unspecified atom stereocenters. The van der Waals surface area contributed by atoms with Crippen LogP contribution >= 0.6 is 11.6 Å². The number of halogens is 2. The lowest BCUT2D eigenvalue weighted by Crippen LogP contribution is -2.03. The van der Waals surface area contributed by atoms with Crippen molar-refractivity contribution in [3.8, 4) is 11.8 Å². The van der Waals surface area contributed by atoms with Gasteiger partial charge < -0.3 is 4.74 Å². The van der Waals surface area contributed by atoms with E-state index in [0.29, 0.717) is 16.3 Å². The maximum atomic E-state index is 12.9. The average Bonchev–Trinajstić information content (AvgIpc) is 2.72. The minimum absolute atomic E-state index is 0.00560. The summed E-state index contributed by atoms with van der Waals surface area (Å²) in [4.78, 5) is -0.381. The smallest absolute Gasteiger partial charge is 0.216 e. The van der Waals surface area contributed by atoms with Crippen LogP contribution in [-0.4, -0.2) is 8.42 Å². The Kier molecular flexibility index (Phi) is 6.32. The van der Waals surface area contributed by atoms with E-state index in [9.17, 15) is 18.1 Å². The Morgan fingerprint density at radius 3 is 2.21 bits per heavy atom. The number of rotatable bonds is 6. The van der Waals surface area contributed by atoms with Gasteiger partial charge in [0, 0.05) is 5.02 Å². The summed E-state index contributed by atoms with van der Waals surface area (Å²) in [5.41, 5.74) is 1.35. The molecule has 0 bridgehead atoms. The molecule has 0 aliphatic carbocycles. The maximum absolute atomic E-state index is 12.9. The Morgan fingerprint density at radius 1 is 1.00 bits per heavy atom. The minimum atomic E-state index is -3.95. The molecular weight excluding hydrogens is 413 g/mol. The zero-order chi connectivity index (χ0) is 20.9. The van der Waals surface area contributed by atoms with Gasteiger partial charge in [-0.05, 0) is 65.7 Å². The van der Waals surface area contributed by atoms with Gasteiger partial charge in [-0.3, -0.25) is 0 Å². The van der Waals surface area contributed by atoms with Gasteiger partial charge in [-0.2, -0.15) is 5.26 Å². The van der Waals surface area contributed by atoms with Crippen LogP contribution in [0, 0.1) is 17.1 Å². The first kappa shape index (κ1) is 20.6. The van der Waals surface area contributed by atoms with E-state index in [1.807, 2.05) is 0 Å². The number of ether oxygens (including phenoxy) is 1. The second kappa shape index (κ2) is 8.91. The zero-order valence-corrected chi connectivity index (χ0v) is 16.6. The molecule has 0 heterocycles. The van der Waals surface area contributed by atoms with Crippen molar-refractivity contribution in [2.45, 2.75) is 11.5 Å². The number of sulfone groups is 1. The van der Waals surface area contributed by atoms with Gasteiger partial charge in [0.2, 0.25) is 9.84 Å². The van der Waals surface area contributed by atoms with Gasteiger partial charge in [0.25, 0.3) is 0 Å². The maximum Gasteiger partial charge on any atom is 0.216 e. The number of allylic oxidation sites excluding steroid dienone is 1. The van der Waals surface area contributed by atoms with Crippen LogP contribution in [0.25, 0.3) is 6.08 Å². The normalized spacial score (nSPS) is 11.7. The molecule has 0 spiro atoms. The van der Waals surface area contributed by atoms with Crippen molar-refractivity contribution >= 4 is 27.5 Å². The third-order valence-electron chi connectivity index (χ3n) is 4.02. The van der Waals surface area contributed by atoms with E-state index in [1.54, 1.807) is 42.5 Å². The molecule has 0 aliphatic heterocycles. The lowest BCUT2D eigenvalue weighted by molar-refractivity contribution is 0.306. The summed E-state index contributed by atoms with van der Waals surface area (Å²) in [5, 5.41) is 9.75. The molecule has 3 rings (SSSR count). The topological polar surface area (TPSA) is 67.2 Å². The van der Waals surface area contributed by atoms with Crippen LogP contribution in [0.5, 0.6) is 5.75 Å². The monoisotopic (exact) mass is 427 g/mol. The number of benzene rings is 3. The van der Waals surface area contributed by atoms with Gasteiger partial charge in [0.15, 0.2) is 0 Å². The predicted molar refractivity (Wildman–Crippen MR) is 109 cm³/mol. The molecular formula is C22H15ClFNO3S. The van der Waals surface area contributed by atoms with E-state index < -0.39 is 9.84 Å². The van der Waals surface area contributed by atoms with Crippen LogP contribution < -0.4 is 4.74 Å². The highest BCUT2D eigenvalue weighted by Crippen LogP contribution is 2.23. The van der Waals surface area contributed by atoms with E-state index >= 15 is 0 Å². The molecule has 0 fully saturated rings. The number of hydrogen-bond donors (Lipinski definition) is 0. The van der Waals surface area contributed by atoms with E-state index in [1.165, 1.54) is 42.5 Å². The molecule has 0 aromatic heterocycles. The molecule has 3 aromatic carbocycles. The highest BCUT2D eigenvalue weighted by Gasteiger charge is 2.20. The van der Waals surface area contributed by atoms with Crippen molar-refractivity contribution < 1.29 is 17.5 Å². The molecule has 7 heteroatoms. The first-order valence-corrected chi connectivity index (χ1v) is 10.3. The van der Waals surface area contributed by atoms with Crippen LogP contribution in [0.4, 0.5) is 4.39 Å². The Labute approximate surface area is 173 Å². The number of nitriles is 1. The molecule has 0 amide bonds. The van der Waals surface area contributed by atoms with Crippen LogP contribution in [0.2, 0.25) is 5.02 Å². The molecule has 3 aromatic rings. The first-order chi connectivity index (χ1) is 13.9. The summed E-state index contributed by atoms with van der Waals surface area (Å²) in [5.74, 6) is 0.247. The summed E-state index contributed by atoms with van der Waals surface area (Å²) in [6, 6.07) is 20.0. The van der Waals surface area contributed by atoms with Crippen LogP contribution in [0.3, 0.4) is 0 Å². The highest BCUT2D eigenvalue weighted by molar-refractivity contribution is 7.95. The predicted octanol–water partition coefficient (Wildman–Crippen LogP) is 5.40. The van der Waals surface area contributed by atoms with Crippen molar-refractivity contribution in [2.24, 2.45) is 0 Å². The lowest BCUT2D eigenvalue weighted by Gasteiger charge is -2.07. The van der Waals surface area contributed by atoms with Crippen LogP contribution in [0.15, 0.2) is 82.6 Å². The van der Waals surface area contributed by atoms with Crippen molar-refractivity contribution in [1.82, 2.24) is 0 Å². The fourth-order valence-corrected chi connectivity index (χ4v) is 3.76.